The Morgan fingerprint density at radius 1 is 0.843 bits per heavy atom. The van der Waals surface area contributed by atoms with E-state index in [0.717, 1.165) is 35.3 Å². The number of hydrogen-bond donors (Lipinski definition) is 3. The summed E-state index contributed by atoms with van der Waals surface area (Å²) >= 11 is 0. The molecule has 6 rings (SSSR count). The maximum atomic E-state index is 13.4. The van der Waals surface area contributed by atoms with Crippen molar-refractivity contribution in [3.8, 4) is 11.1 Å². The third-order valence-electron chi connectivity index (χ3n) is 8.53. The van der Waals surface area contributed by atoms with Gasteiger partial charge in [-0.1, -0.05) is 30.3 Å². The Hall–Kier alpha value is -6.08. The van der Waals surface area contributed by atoms with Crippen LogP contribution in [-0.2, 0) is 20.9 Å². The Kier molecular flexibility index (Phi) is 11.0. The first-order valence-electron chi connectivity index (χ1n) is 16.8. The van der Waals surface area contributed by atoms with Gasteiger partial charge in [-0.3, -0.25) is 24.3 Å². The van der Waals surface area contributed by atoms with Gasteiger partial charge in [0.25, 0.3) is 0 Å². The van der Waals surface area contributed by atoms with E-state index in [0.29, 0.717) is 55.5 Å². The monoisotopic (exact) mass is 687 g/mol. The van der Waals surface area contributed by atoms with Crippen LogP contribution >= 0.6 is 0 Å². The fourth-order valence-electron chi connectivity index (χ4n) is 5.87. The van der Waals surface area contributed by atoms with E-state index in [-0.39, 0.29) is 30.3 Å². The zero-order valence-corrected chi connectivity index (χ0v) is 28.7. The Bertz CT molecular complexity index is 1890. The van der Waals surface area contributed by atoms with Gasteiger partial charge in [-0.25, -0.2) is 9.78 Å². The number of anilines is 5. The molecule has 2 saturated heterocycles. The van der Waals surface area contributed by atoms with Crippen molar-refractivity contribution in [3.63, 3.8) is 0 Å². The van der Waals surface area contributed by atoms with Gasteiger partial charge in [0, 0.05) is 68.4 Å². The van der Waals surface area contributed by atoms with E-state index in [9.17, 15) is 19.2 Å². The van der Waals surface area contributed by atoms with Crippen molar-refractivity contribution >= 4 is 52.3 Å². The molecule has 2 aromatic carbocycles. The number of amides is 5. The van der Waals surface area contributed by atoms with E-state index in [4.69, 9.17) is 0 Å². The highest BCUT2D eigenvalue weighted by Crippen LogP contribution is 2.28. The summed E-state index contributed by atoms with van der Waals surface area (Å²) in [5.74, 6) is 0.148. The molecule has 2 aliphatic heterocycles. The van der Waals surface area contributed by atoms with Gasteiger partial charge in [0.05, 0.1) is 30.3 Å². The molecule has 13 heteroatoms. The molecule has 0 bridgehead atoms. The van der Waals surface area contributed by atoms with E-state index < -0.39 is 0 Å². The Balaban J connectivity index is 0.986. The van der Waals surface area contributed by atoms with Gasteiger partial charge in [0.15, 0.2) is 0 Å². The summed E-state index contributed by atoms with van der Waals surface area (Å²) in [7, 11) is 3.80. The first kappa shape index (κ1) is 34.8. The van der Waals surface area contributed by atoms with Crippen LogP contribution in [0.5, 0.6) is 0 Å². The SMILES string of the molecule is CN(C)C/C=C/C(=O)NCC(=O)Nc1ccc(CN2CCN(c3cncc(Nc4ccc(-c5ccc(N6CCCC6=O)cc5)cn4)c3)C2=O)cc1. The van der Waals surface area contributed by atoms with Gasteiger partial charge in [-0.2, -0.15) is 0 Å². The van der Waals surface area contributed by atoms with Crippen molar-refractivity contribution in [1.82, 2.24) is 25.1 Å². The summed E-state index contributed by atoms with van der Waals surface area (Å²) in [5.41, 5.74) is 5.79. The summed E-state index contributed by atoms with van der Waals surface area (Å²) in [6.07, 6.45) is 9.79. The maximum Gasteiger partial charge on any atom is 0.324 e. The molecule has 0 saturated carbocycles. The van der Waals surface area contributed by atoms with Crippen molar-refractivity contribution in [2.45, 2.75) is 19.4 Å². The third-order valence-corrected chi connectivity index (χ3v) is 8.53. The van der Waals surface area contributed by atoms with E-state index in [1.54, 1.807) is 46.6 Å². The third kappa shape index (κ3) is 9.13. The van der Waals surface area contributed by atoms with Crippen LogP contribution in [0.1, 0.15) is 18.4 Å². The number of carbonyl (C=O) groups is 4. The molecular formula is C38H41N9O4. The molecule has 0 atom stereocenters. The van der Waals surface area contributed by atoms with Crippen molar-refractivity contribution in [1.29, 1.82) is 0 Å². The summed E-state index contributed by atoms with van der Waals surface area (Å²) in [6, 6.07) is 20.9. The summed E-state index contributed by atoms with van der Waals surface area (Å²) in [6.45, 7) is 2.74. The van der Waals surface area contributed by atoms with Crippen LogP contribution in [0.2, 0.25) is 0 Å². The van der Waals surface area contributed by atoms with Crippen molar-refractivity contribution in [2.24, 2.45) is 0 Å². The van der Waals surface area contributed by atoms with Crippen LogP contribution in [-0.4, -0.2) is 90.3 Å². The second-order valence-electron chi connectivity index (χ2n) is 12.7. The van der Waals surface area contributed by atoms with Crippen molar-refractivity contribution < 1.29 is 19.2 Å². The molecule has 51 heavy (non-hydrogen) atoms. The highest BCUT2D eigenvalue weighted by Gasteiger charge is 2.30. The first-order chi connectivity index (χ1) is 24.7. The number of hydrogen-bond acceptors (Lipinski definition) is 8. The van der Waals surface area contributed by atoms with Crippen LogP contribution in [0.3, 0.4) is 0 Å². The number of aromatic nitrogens is 2. The minimum absolute atomic E-state index is 0.121. The van der Waals surface area contributed by atoms with Crippen LogP contribution in [0.25, 0.3) is 11.1 Å². The standard InChI is InChI=1S/C38H41N9O4/c1-44(2)17-3-5-35(48)41-25-36(49)43-30-12-7-27(8-13-30)26-45-19-20-47(38(45)51)33-21-31(23-39-24-33)42-34-16-11-29(22-40-34)28-9-14-32(15-10-28)46-18-4-6-37(46)50/h3,5,7-16,21-24H,4,6,17-20,25-26H2,1-2H3,(H,40,42)(H,41,48)(H,43,49)/b5-3+. The number of likely N-dealkylation sites (N-methyl/N-ethyl adjacent to an activating group) is 1. The zero-order valence-electron chi connectivity index (χ0n) is 28.7. The number of nitrogens with zero attached hydrogens (tertiary/aromatic N) is 6. The highest BCUT2D eigenvalue weighted by molar-refractivity contribution is 5.97. The maximum absolute atomic E-state index is 13.4. The fourth-order valence-corrected chi connectivity index (χ4v) is 5.87. The van der Waals surface area contributed by atoms with Gasteiger partial charge in [-0.15, -0.1) is 0 Å². The summed E-state index contributed by atoms with van der Waals surface area (Å²) in [5, 5.41) is 8.62. The van der Waals surface area contributed by atoms with E-state index >= 15 is 0 Å². The summed E-state index contributed by atoms with van der Waals surface area (Å²) in [4.78, 5) is 65.7. The molecule has 2 fully saturated rings. The van der Waals surface area contributed by atoms with Gasteiger partial charge in [0.1, 0.15) is 5.82 Å². The molecular weight excluding hydrogens is 646 g/mol. The molecule has 0 unspecified atom stereocenters. The Morgan fingerprint density at radius 2 is 1.63 bits per heavy atom. The lowest BCUT2D eigenvalue weighted by Crippen LogP contribution is -2.32. The molecule has 3 N–H and O–H groups in total. The highest BCUT2D eigenvalue weighted by atomic mass is 16.2. The molecule has 0 radical (unpaired) electrons. The number of pyridine rings is 2. The normalized spacial score (nSPS) is 14.5. The van der Waals surface area contributed by atoms with Gasteiger partial charge in [-0.05, 0) is 74.1 Å². The van der Waals surface area contributed by atoms with E-state index in [2.05, 4.69) is 25.9 Å². The molecule has 0 spiro atoms. The predicted molar refractivity (Wildman–Crippen MR) is 198 cm³/mol. The largest absolute Gasteiger partial charge is 0.343 e. The van der Waals surface area contributed by atoms with Crippen LogP contribution in [0.4, 0.5) is 33.4 Å². The minimum atomic E-state index is -0.334. The number of benzene rings is 2. The number of nitrogens with one attached hydrogen (secondary N) is 3. The lowest BCUT2D eigenvalue weighted by atomic mass is 10.1. The average Bonchev–Trinajstić information content (AvgIpc) is 3.73. The van der Waals surface area contributed by atoms with E-state index in [1.807, 2.05) is 78.5 Å². The molecule has 4 aromatic rings. The molecule has 13 nitrogen and oxygen atoms in total. The summed E-state index contributed by atoms with van der Waals surface area (Å²) < 4.78 is 0. The second-order valence-corrected chi connectivity index (χ2v) is 12.7. The Labute approximate surface area is 297 Å². The molecule has 4 heterocycles. The Morgan fingerprint density at radius 3 is 2.33 bits per heavy atom. The minimum Gasteiger partial charge on any atom is -0.343 e. The van der Waals surface area contributed by atoms with Crippen molar-refractivity contribution in [3.05, 3.63) is 103 Å². The fraction of sp³-hybridized carbons (Fsp3) is 0.263. The van der Waals surface area contributed by atoms with Gasteiger partial charge in [0.2, 0.25) is 17.7 Å². The molecule has 2 aromatic heterocycles. The van der Waals surface area contributed by atoms with E-state index in [1.165, 1.54) is 6.08 Å². The smallest absolute Gasteiger partial charge is 0.324 e. The topological polar surface area (TPSA) is 143 Å². The molecule has 2 aliphatic rings. The van der Waals surface area contributed by atoms with Crippen LogP contribution in [0, 0.1) is 0 Å². The number of carbonyl (C=O) groups excluding carboxylic acids is 4. The molecule has 5 amide bonds. The predicted octanol–water partition coefficient (Wildman–Crippen LogP) is 4.63. The zero-order chi connectivity index (χ0) is 35.7. The van der Waals surface area contributed by atoms with Gasteiger partial charge < -0.3 is 30.7 Å². The molecule has 0 aliphatic carbocycles. The lowest BCUT2D eigenvalue weighted by Gasteiger charge is -2.19. The van der Waals surface area contributed by atoms with Crippen LogP contribution < -0.4 is 25.8 Å². The average molecular weight is 688 g/mol. The van der Waals surface area contributed by atoms with Crippen LogP contribution in [0.15, 0.2) is 97.5 Å². The number of urea groups is 1. The van der Waals surface area contributed by atoms with Crippen molar-refractivity contribution in [2.75, 3.05) is 67.3 Å². The molecule has 262 valence electrons. The number of rotatable bonds is 13. The quantitative estimate of drug-likeness (QED) is 0.173. The van der Waals surface area contributed by atoms with Gasteiger partial charge >= 0.3 is 6.03 Å². The lowest BCUT2D eigenvalue weighted by molar-refractivity contribution is -0.121. The second kappa shape index (κ2) is 16.1. The first-order valence-corrected chi connectivity index (χ1v) is 16.8.